The summed E-state index contributed by atoms with van der Waals surface area (Å²) in [5, 5.41) is 0. The third-order valence-electron chi connectivity index (χ3n) is 3.01. The Kier molecular flexibility index (Phi) is 7.72. The maximum atomic E-state index is 12.9. The normalized spacial score (nSPS) is 11.4. The minimum atomic E-state index is -0.617. The van der Waals surface area contributed by atoms with E-state index in [2.05, 4.69) is 22.6 Å². The van der Waals surface area contributed by atoms with Crippen LogP contribution in [-0.4, -0.2) is 43.5 Å². The SMILES string of the molecule is CCOC(=O)/C(=C\N(C)C)C(=O)c1cc(I)c(OC(C)C)cc1C. The van der Waals surface area contributed by atoms with Gasteiger partial charge in [-0.1, -0.05) is 0 Å². The zero-order valence-electron chi connectivity index (χ0n) is 15.0. The van der Waals surface area contributed by atoms with E-state index in [1.165, 1.54) is 6.20 Å². The number of nitrogens with zero attached hydrogens (tertiary/aromatic N) is 1. The Balaban J connectivity index is 3.29. The molecule has 0 saturated carbocycles. The van der Waals surface area contributed by atoms with Gasteiger partial charge in [0.2, 0.25) is 5.78 Å². The molecule has 0 fully saturated rings. The van der Waals surface area contributed by atoms with E-state index in [9.17, 15) is 9.59 Å². The van der Waals surface area contributed by atoms with Crippen LogP contribution in [0.3, 0.4) is 0 Å². The molecule has 24 heavy (non-hydrogen) atoms. The molecule has 0 radical (unpaired) electrons. The second-order valence-electron chi connectivity index (χ2n) is 5.82. The van der Waals surface area contributed by atoms with Crippen LogP contribution in [0.4, 0.5) is 0 Å². The van der Waals surface area contributed by atoms with Gasteiger partial charge < -0.3 is 14.4 Å². The quantitative estimate of drug-likeness (QED) is 0.160. The Morgan fingerprint density at radius 2 is 1.92 bits per heavy atom. The monoisotopic (exact) mass is 445 g/mol. The van der Waals surface area contributed by atoms with E-state index in [0.717, 1.165) is 14.9 Å². The molecule has 6 heteroatoms. The van der Waals surface area contributed by atoms with Gasteiger partial charge in [0.25, 0.3) is 0 Å². The lowest BCUT2D eigenvalue weighted by atomic mass is 9.99. The molecule has 0 saturated heterocycles. The van der Waals surface area contributed by atoms with Gasteiger partial charge in [-0.2, -0.15) is 0 Å². The molecule has 1 rings (SSSR count). The molecule has 0 aliphatic heterocycles. The fraction of sp³-hybridized carbons (Fsp3) is 0.444. The van der Waals surface area contributed by atoms with Crippen LogP contribution in [0.2, 0.25) is 0 Å². The van der Waals surface area contributed by atoms with Gasteiger partial charge in [-0.3, -0.25) is 4.79 Å². The number of hydrogen-bond donors (Lipinski definition) is 0. The Hall–Kier alpha value is -1.57. The number of carbonyl (C=O) groups is 2. The summed E-state index contributed by atoms with van der Waals surface area (Å²) < 4.78 is 11.6. The van der Waals surface area contributed by atoms with E-state index in [1.807, 2.05) is 26.8 Å². The van der Waals surface area contributed by atoms with Crippen LogP contribution < -0.4 is 4.74 Å². The van der Waals surface area contributed by atoms with Gasteiger partial charge >= 0.3 is 5.97 Å². The van der Waals surface area contributed by atoms with Crippen molar-refractivity contribution in [1.29, 1.82) is 0 Å². The summed E-state index contributed by atoms with van der Waals surface area (Å²) in [7, 11) is 3.51. The molecule has 0 bridgehead atoms. The third kappa shape index (κ3) is 5.51. The van der Waals surface area contributed by atoms with E-state index in [4.69, 9.17) is 9.47 Å². The van der Waals surface area contributed by atoms with E-state index in [-0.39, 0.29) is 24.1 Å². The molecule has 0 atom stereocenters. The zero-order chi connectivity index (χ0) is 18.4. The predicted octanol–water partition coefficient (Wildman–Crippen LogP) is 3.58. The van der Waals surface area contributed by atoms with Crippen molar-refractivity contribution in [3.8, 4) is 5.75 Å². The lowest BCUT2D eigenvalue weighted by molar-refractivity contribution is -0.138. The van der Waals surface area contributed by atoms with Crippen molar-refractivity contribution < 1.29 is 19.1 Å². The number of Topliss-reactive ketones (excluding diaryl/α,β-unsaturated/α-hetero) is 1. The maximum absolute atomic E-state index is 12.9. The van der Waals surface area contributed by atoms with Crippen molar-refractivity contribution in [1.82, 2.24) is 4.90 Å². The van der Waals surface area contributed by atoms with Crippen molar-refractivity contribution >= 4 is 34.3 Å². The topological polar surface area (TPSA) is 55.8 Å². The number of hydrogen-bond acceptors (Lipinski definition) is 5. The molecule has 0 aliphatic rings. The highest BCUT2D eigenvalue weighted by atomic mass is 127. The van der Waals surface area contributed by atoms with Gasteiger partial charge in [-0.15, -0.1) is 0 Å². The Morgan fingerprint density at radius 3 is 2.42 bits per heavy atom. The highest BCUT2D eigenvalue weighted by molar-refractivity contribution is 14.1. The Morgan fingerprint density at radius 1 is 1.29 bits per heavy atom. The van der Waals surface area contributed by atoms with Gasteiger partial charge in [0, 0.05) is 25.9 Å². The standard InChI is InChI=1S/C18H24INO4/c1-7-23-18(22)14(10-20(5)6)17(21)13-9-15(19)16(8-12(13)4)24-11(2)3/h8-11H,7H2,1-6H3/b14-10-. The number of benzene rings is 1. The highest BCUT2D eigenvalue weighted by Crippen LogP contribution is 2.27. The van der Waals surface area contributed by atoms with E-state index < -0.39 is 5.97 Å². The Labute approximate surface area is 157 Å². The number of carbonyl (C=O) groups excluding carboxylic acids is 2. The molecule has 0 amide bonds. The lowest BCUT2D eigenvalue weighted by Gasteiger charge is -2.16. The van der Waals surface area contributed by atoms with Crippen LogP contribution in [0.15, 0.2) is 23.9 Å². The minimum Gasteiger partial charge on any atom is -0.490 e. The third-order valence-corrected chi connectivity index (χ3v) is 3.86. The first-order chi connectivity index (χ1) is 11.2. The smallest absolute Gasteiger partial charge is 0.343 e. The van der Waals surface area contributed by atoms with Crippen molar-refractivity contribution in [2.75, 3.05) is 20.7 Å². The Bertz CT molecular complexity index is 651. The number of rotatable bonds is 7. The fourth-order valence-corrected chi connectivity index (χ4v) is 2.65. The zero-order valence-corrected chi connectivity index (χ0v) is 17.1. The van der Waals surface area contributed by atoms with Gasteiger partial charge in [0.05, 0.1) is 16.3 Å². The lowest BCUT2D eigenvalue weighted by Crippen LogP contribution is -2.20. The average Bonchev–Trinajstić information content (AvgIpc) is 2.47. The minimum absolute atomic E-state index is 0.0123. The molecular weight excluding hydrogens is 421 g/mol. The van der Waals surface area contributed by atoms with Crippen LogP contribution >= 0.6 is 22.6 Å². The molecule has 5 nitrogen and oxygen atoms in total. The molecule has 0 aliphatic carbocycles. The van der Waals surface area contributed by atoms with Crippen LogP contribution in [-0.2, 0) is 9.53 Å². The summed E-state index contributed by atoms with van der Waals surface area (Å²) in [6.45, 7) is 7.65. The highest BCUT2D eigenvalue weighted by Gasteiger charge is 2.24. The molecule has 0 unspecified atom stereocenters. The molecule has 0 N–H and O–H groups in total. The van der Waals surface area contributed by atoms with Gasteiger partial charge in [0.15, 0.2) is 0 Å². The summed E-state index contributed by atoms with van der Waals surface area (Å²) >= 11 is 2.13. The number of aryl methyl sites for hydroxylation is 1. The molecule has 0 heterocycles. The molecule has 1 aromatic carbocycles. The largest absolute Gasteiger partial charge is 0.490 e. The molecule has 132 valence electrons. The second kappa shape index (κ2) is 9.05. The van der Waals surface area contributed by atoms with Gasteiger partial charge in [0.1, 0.15) is 11.3 Å². The van der Waals surface area contributed by atoms with Crippen molar-refractivity contribution in [2.24, 2.45) is 0 Å². The second-order valence-corrected chi connectivity index (χ2v) is 6.98. The molecule has 0 spiro atoms. The predicted molar refractivity (Wildman–Crippen MR) is 102 cm³/mol. The maximum Gasteiger partial charge on any atom is 0.343 e. The van der Waals surface area contributed by atoms with Crippen molar-refractivity contribution in [3.63, 3.8) is 0 Å². The van der Waals surface area contributed by atoms with Crippen LogP contribution in [0.5, 0.6) is 5.75 Å². The summed E-state index contributed by atoms with van der Waals surface area (Å²) in [6.07, 6.45) is 1.54. The fourth-order valence-electron chi connectivity index (χ4n) is 2.06. The molecule has 0 aromatic heterocycles. The van der Waals surface area contributed by atoms with E-state index in [0.29, 0.717) is 5.56 Å². The van der Waals surface area contributed by atoms with Gasteiger partial charge in [-0.05, 0) is 68.0 Å². The number of esters is 1. The van der Waals surface area contributed by atoms with Crippen molar-refractivity contribution in [2.45, 2.75) is 33.8 Å². The molecule has 1 aromatic rings. The molecular formula is C18H24INO4. The van der Waals surface area contributed by atoms with Crippen LogP contribution in [0.25, 0.3) is 0 Å². The first-order valence-electron chi connectivity index (χ1n) is 7.74. The number of ketones is 1. The van der Waals surface area contributed by atoms with Crippen LogP contribution in [0.1, 0.15) is 36.7 Å². The van der Waals surface area contributed by atoms with Gasteiger partial charge in [-0.25, -0.2) is 4.79 Å². The summed E-state index contributed by atoms with van der Waals surface area (Å²) in [6, 6.07) is 3.58. The first kappa shape index (κ1) is 20.5. The van der Waals surface area contributed by atoms with Crippen LogP contribution in [0, 0.1) is 10.5 Å². The summed E-state index contributed by atoms with van der Waals surface area (Å²) in [4.78, 5) is 26.7. The van der Waals surface area contributed by atoms with Crippen molar-refractivity contribution in [3.05, 3.63) is 38.6 Å². The number of halogens is 1. The summed E-state index contributed by atoms with van der Waals surface area (Å²) in [5.74, 6) is -0.240. The average molecular weight is 445 g/mol. The van der Waals surface area contributed by atoms with E-state index >= 15 is 0 Å². The van der Waals surface area contributed by atoms with E-state index in [1.54, 1.807) is 32.0 Å². The summed E-state index contributed by atoms with van der Waals surface area (Å²) in [5.41, 5.74) is 1.24. The number of ether oxygens (including phenoxy) is 2. The first-order valence-corrected chi connectivity index (χ1v) is 8.82.